The second-order valence-corrected chi connectivity index (χ2v) is 7.74. The summed E-state index contributed by atoms with van der Waals surface area (Å²) in [6.07, 6.45) is 2.81. The Morgan fingerprint density at radius 3 is 2.57 bits per heavy atom. The molecule has 1 aliphatic rings. The minimum Gasteiger partial charge on any atom is -0.387 e. The van der Waals surface area contributed by atoms with Gasteiger partial charge in [-0.2, -0.15) is 0 Å². The van der Waals surface area contributed by atoms with Crippen molar-refractivity contribution in [3.05, 3.63) is 65.2 Å². The van der Waals surface area contributed by atoms with Crippen LogP contribution in [0.1, 0.15) is 35.6 Å². The van der Waals surface area contributed by atoms with Crippen molar-refractivity contribution < 1.29 is 9.90 Å². The predicted octanol–water partition coefficient (Wildman–Crippen LogP) is 3.73. The number of aryl methyl sites for hydroxylation is 1. The van der Waals surface area contributed by atoms with Gasteiger partial charge < -0.3 is 20.6 Å². The van der Waals surface area contributed by atoms with E-state index >= 15 is 0 Å². The van der Waals surface area contributed by atoms with E-state index < -0.39 is 6.10 Å². The van der Waals surface area contributed by atoms with Crippen molar-refractivity contribution in [2.45, 2.75) is 32.3 Å². The van der Waals surface area contributed by atoms with Crippen LogP contribution in [0.15, 0.2) is 48.5 Å². The van der Waals surface area contributed by atoms with Crippen LogP contribution in [0.5, 0.6) is 0 Å². The average Bonchev–Trinajstić information content (AvgIpc) is 2.71. The van der Waals surface area contributed by atoms with E-state index in [1.807, 2.05) is 25.1 Å². The predicted molar refractivity (Wildman–Crippen MR) is 114 cm³/mol. The van der Waals surface area contributed by atoms with E-state index in [2.05, 4.69) is 45.9 Å². The summed E-state index contributed by atoms with van der Waals surface area (Å²) < 4.78 is 0. The number of anilines is 1. The highest BCUT2D eigenvalue weighted by molar-refractivity contribution is 5.90. The van der Waals surface area contributed by atoms with Gasteiger partial charge in [-0.1, -0.05) is 48.0 Å². The normalized spacial score (nSPS) is 16.5. The van der Waals surface area contributed by atoms with E-state index in [0.29, 0.717) is 18.2 Å². The molecule has 1 saturated heterocycles. The smallest absolute Gasteiger partial charge is 0.318 e. The molecule has 150 valence electrons. The molecule has 0 spiro atoms. The quantitative estimate of drug-likeness (QED) is 0.714. The molecule has 1 unspecified atom stereocenters. The molecule has 0 saturated carbocycles. The van der Waals surface area contributed by atoms with Gasteiger partial charge >= 0.3 is 6.03 Å². The van der Waals surface area contributed by atoms with E-state index in [1.54, 1.807) is 7.05 Å². The minimum atomic E-state index is -0.627. The van der Waals surface area contributed by atoms with Gasteiger partial charge in [-0.05, 0) is 56.8 Å². The van der Waals surface area contributed by atoms with Gasteiger partial charge in [0.1, 0.15) is 0 Å². The number of hydrogen-bond acceptors (Lipinski definition) is 3. The lowest BCUT2D eigenvalue weighted by Crippen LogP contribution is -2.37. The van der Waals surface area contributed by atoms with Gasteiger partial charge in [0, 0.05) is 24.8 Å². The van der Waals surface area contributed by atoms with Crippen LogP contribution >= 0.6 is 0 Å². The Kier molecular flexibility index (Phi) is 7.06. The summed E-state index contributed by atoms with van der Waals surface area (Å²) in [7, 11) is 1.58. The molecule has 1 aliphatic heterocycles. The summed E-state index contributed by atoms with van der Waals surface area (Å²) in [5.41, 5.74) is 3.91. The molecular formula is C23H31N3O2. The lowest BCUT2D eigenvalue weighted by atomic mass is 9.90. The van der Waals surface area contributed by atoms with Gasteiger partial charge in [0.25, 0.3) is 0 Å². The van der Waals surface area contributed by atoms with Crippen LogP contribution in [0, 0.1) is 12.8 Å². The van der Waals surface area contributed by atoms with Crippen LogP contribution in [0.4, 0.5) is 10.5 Å². The number of rotatable bonds is 6. The number of carbonyl (C=O) groups is 1. The molecule has 5 nitrogen and oxygen atoms in total. The van der Waals surface area contributed by atoms with Crippen LogP contribution in [0.25, 0.3) is 0 Å². The molecule has 3 N–H and O–H groups in total. The van der Waals surface area contributed by atoms with E-state index in [-0.39, 0.29) is 6.03 Å². The number of β-amino-alcohol motifs (C(OH)–C–C–N with tert-alkyl or cyclic N) is 1. The summed E-state index contributed by atoms with van der Waals surface area (Å²) in [5, 5.41) is 16.2. The molecule has 1 heterocycles. The zero-order valence-electron chi connectivity index (χ0n) is 16.8. The van der Waals surface area contributed by atoms with Crippen molar-refractivity contribution >= 4 is 11.7 Å². The molecule has 2 aromatic rings. The van der Waals surface area contributed by atoms with E-state index in [0.717, 1.165) is 43.5 Å². The van der Waals surface area contributed by atoms with Gasteiger partial charge in [0.05, 0.1) is 6.10 Å². The number of hydrogen-bond donors (Lipinski definition) is 3. The number of nitrogens with one attached hydrogen (secondary N) is 2. The van der Waals surface area contributed by atoms with Crippen LogP contribution in [0.3, 0.4) is 0 Å². The van der Waals surface area contributed by atoms with Crippen LogP contribution in [0.2, 0.25) is 0 Å². The summed E-state index contributed by atoms with van der Waals surface area (Å²) in [4.78, 5) is 14.0. The molecular weight excluding hydrogens is 350 g/mol. The zero-order chi connectivity index (χ0) is 19.9. The number of nitrogens with zero attached hydrogens (tertiary/aromatic N) is 1. The van der Waals surface area contributed by atoms with Gasteiger partial charge in [-0.3, -0.25) is 0 Å². The maximum atomic E-state index is 11.7. The Morgan fingerprint density at radius 2 is 1.89 bits per heavy atom. The molecule has 0 aliphatic carbocycles. The lowest BCUT2D eigenvalue weighted by molar-refractivity contribution is 0.0896. The van der Waals surface area contributed by atoms with Gasteiger partial charge in [-0.15, -0.1) is 0 Å². The van der Waals surface area contributed by atoms with Crippen LogP contribution in [-0.2, 0) is 6.42 Å². The first-order chi connectivity index (χ1) is 13.5. The van der Waals surface area contributed by atoms with Crippen molar-refractivity contribution in [1.29, 1.82) is 0 Å². The Balaban J connectivity index is 1.56. The van der Waals surface area contributed by atoms with Gasteiger partial charge in [0.15, 0.2) is 0 Å². The molecule has 0 radical (unpaired) electrons. The fraction of sp³-hybridized carbons (Fsp3) is 0.435. The molecule has 0 aromatic heterocycles. The molecule has 28 heavy (non-hydrogen) atoms. The zero-order valence-corrected chi connectivity index (χ0v) is 16.8. The molecule has 5 heteroatoms. The molecule has 1 fully saturated rings. The van der Waals surface area contributed by atoms with Crippen molar-refractivity contribution in [3.63, 3.8) is 0 Å². The SMILES string of the molecule is CNC(=O)Nc1ccc(C)cc1C(O)CN1CCC(Cc2ccccc2)CC1. The van der Waals surface area contributed by atoms with E-state index in [1.165, 1.54) is 5.56 Å². The molecule has 2 amide bonds. The highest BCUT2D eigenvalue weighted by Crippen LogP contribution is 2.27. The Morgan fingerprint density at radius 1 is 1.18 bits per heavy atom. The number of aliphatic hydroxyl groups excluding tert-OH is 1. The fourth-order valence-electron chi connectivity index (χ4n) is 3.92. The second kappa shape index (κ2) is 9.71. The number of amides is 2. The number of carbonyl (C=O) groups excluding carboxylic acids is 1. The van der Waals surface area contributed by atoms with Crippen molar-refractivity contribution in [3.8, 4) is 0 Å². The third-order valence-corrected chi connectivity index (χ3v) is 5.55. The first kappa shape index (κ1) is 20.4. The summed E-state index contributed by atoms with van der Waals surface area (Å²) in [5.74, 6) is 0.709. The Bertz CT molecular complexity index is 771. The molecule has 1 atom stereocenters. The first-order valence-electron chi connectivity index (χ1n) is 10.1. The van der Waals surface area contributed by atoms with Crippen LogP contribution < -0.4 is 10.6 Å². The van der Waals surface area contributed by atoms with Gasteiger partial charge in [0.2, 0.25) is 0 Å². The third-order valence-electron chi connectivity index (χ3n) is 5.55. The minimum absolute atomic E-state index is 0.279. The topological polar surface area (TPSA) is 64.6 Å². The molecule has 2 aromatic carbocycles. The second-order valence-electron chi connectivity index (χ2n) is 7.74. The summed E-state index contributed by atoms with van der Waals surface area (Å²) in [6.45, 7) is 4.58. The van der Waals surface area contributed by atoms with Gasteiger partial charge in [-0.25, -0.2) is 4.79 Å². The lowest BCUT2D eigenvalue weighted by Gasteiger charge is -2.33. The van der Waals surface area contributed by atoms with E-state index in [9.17, 15) is 9.90 Å². The number of likely N-dealkylation sites (tertiary alicyclic amines) is 1. The maximum Gasteiger partial charge on any atom is 0.318 e. The van der Waals surface area contributed by atoms with Crippen molar-refractivity contribution in [1.82, 2.24) is 10.2 Å². The Hall–Kier alpha value is -2.37. The van der Waals surface area contributed by atoms with Crippen molar-refractivity contribution in [2.75, 3.05) is 32.0 Å². The summed E-state index contributed by atoms with van der Waals surface area (Å²) in [6, 6.07) is 16.2. The third kappa shape index (κ3) is 5.57. The molecule has 3 rings (SSSR count). The largest absolute Gasteiger partial charge is 0.387 e. The Labute approximate surface area is 167 Å². The number of aliphatic hydroxyl groups is 1. The monoisotopic (exact) mass is 381 g/mol. The maximum absolute atomic E-state index is 11.7. The van der Waals surface area contributed by atoms with Crippen molar-refractivity contribution in [2.24, 2.45) is 5.92 Å². The fourth-order valence-corrected chi connectivity index (χ4v) is 3.92. The number of piperidine rings is 1. The average molecular weight is 382 g/mol. The highest BCUT2D eigenvalue weighted by atomic mass is 16.3. The number of benzene rings is 2. The highest BCUT2D eigenvalue weighted by Gasteiger charge is 2.23. The summed E-state index contributed by atoms with van der Waals surface area (Å²) >= 11 is 0. The molecule has 0 bridgehead atoms. The van der Waals surface area contributed by atoms with E-state index in [4.69, 9.17) is 0 Å². The van der Waals surface area contributed by atoms with Crippen LogP contribution in [-0.4, -0.2) is 42.7 Å². The number of urea groups is 1. The first-order valence-corrected chi connectivity index (χ1v) is 10.1. The standard InChI is InChI=1S/C23H31N3O2/c1-17-8-9-21(25-23(28)24-2)20(14-17)22(27)16-26-12-10-19(11-13-26)15-18-6-4-3-5-7-18/h3-9,14,19,22,27H,10-13,15-16H2,1-2H3,(H2,24,25,28).